The SMILES string of the molecule is COC(=O)C1(NN(C)C(C)(C)C)CC1. The van der Waals surface area contributed by atoms with Crippen LogP contribution in [-0.4, -0.2) is 36.2 Å². The molecule has 0 unspecified atom stereocenters. The first-order valence-electron chi connectivity index (χ1n) is 4.92. The molecule has 4 nitrogen and oxygen atoms in total. The molecule has 0 aromatic rings. The largest absolute Gasteiger partial charge is 0.468 e. The van der Waals surface area contributed by atoms with Crippen LogP contribution >= 0.6 is 0 Å². The smallest absolute Gasteiger partial charge is 0.327 e. The van der Waals surface area contributed by atoms with Gasteiger partial charge in [-0.2, -0.15) is 0 Å². The molecule has 0 aromatic carbocycles. The number of rotatable bonds is 3. The predicted octanol–water partition coefficient (Wildman–Crippen LogP) is 0.927. The molecule has 4 heteroatoms. The van der Waals surface area contributed by atoms with Gasteiger partial charge in [-0.1, -0.05) is 0 Å². The minimum Gasteiger partial charge on any atom is -0.468 e. The highest BCUT2D eigenvalue weighted by Crippen LogP contribution is 2.37. The summed E-state index contributed by atoms with van der Waals surface area (Å²) in [5.74, 6) is -0.159. The van der Waals surface area contributed by atoms with E-state index in [0.29, 0.717) is 0 Å². The van der Waals surface area contributed by atoms with E-state index in [4.69, 9.17) is 4.74 Å². The number of carbonyl (C=O) groups excluding carboxylic acids is 1. The minimum absolute atomic E-state index is 0.00358. The maximum absolute atomic E-state index is 11.4. The Morgan fingerprint density at radius 2 is 1.93 bits per heavy atom. The van der Waals surface area contributed by atoms with E-state index in [-0.39, 0.29) is 11.5 Å². The van der Waals surface area contributed by atoms with E-state index < -0.39 is 5.54 Å². The summed E-state index contributed by atoms with van der Waals surface area (Å²) in [6.45, 7) is 6.27. The van der Waals surface area contributed by atoms with Crippen molar-refractivity contribution in [2.45, 2.75) is 44.7 Å². The van der Waals surface area contributed by atoms with E-state index in [0.717, 1.165) is 12.8 Å². The van der Waals surface area contributed by atoms with Crippen molar-refractivity contribution < 1.29 is 9.53 Å². The molecule has 1 aliphatic carbocycles. The van der Waals surface area contributed by atoms with Gasteiger partial charge < -0.3 is 4.74 Å². The van der Waals surface area contributed by atoms with Crippen LogP contribution in [0.3, 0.4) is 0 Å². The summed E-state index contributed by atoms with van der Waals surface area (Å²) in [5.41, 5.74) is 2.77. The van der Waals surface area contributed by atoms with Crippen LogP contribution in [0.1, 0.15) is 33.6 Å². The molecule has 0 spiro atoms. The molecule has 82 valence electrons. The Kier molecular flexibility index (Phi) is 2.88. The average molecular weight is 200 g/mol. The Morgan fingerprint density at radius 3 is 2.21 bits per heavy atom. The zero-order chi connectivity index (χ0) is 11.0. The van der Waals surface area contributed by atoms with Gasteiger partial charge in [-0.25, -0.2) is 10.4 Å². The lowest BCUT2D eigenvalue weighted by Crippen LogP contribution is -2.55. The highest BCUT2D eigenvalue weighted by Gasteiger charge is 2.52. The van der Waals surface area contributed by atoms with Crippen LogP contribution in [0.15, 0.2) is 0 Å². The number of hydrogen-bond acceptors (Lipinski definition) is 4. The van der Waals surface area contributed by atoms with Gasteiger partial charge in [0.15, 0.2) is 0 Å². The van der Waals surface area contributed by atoms with E-state index in [2.05, 4.69) is 26.2 Å². The molecule has 0 aromatic heterocycles. The van der Waals surface area contributed by atoms with Crippen LogP contribution in [0, 0.1) is 0 Å². The lowest BCUT2D eigenvalue weighted by Gasteiger charge is -2.35. The molecule has 0 saturated heterocycles. The van der Waals surface area contributed by atoms with Crippen molar-refractivity contribution in [1.82, 2.24) is 10.4 Å². The van der Waals surface area contributed by atoms with Crippen molar-refractivity contribution in [3.63, 3.8) is 0 Å². The van der Waals surface area contributed by atoms with Gasteiger partial charge in [0, 0.05) is 12.6 Å². The fourth-order valence-electron chi connectivity index (χ4n) is 1.17. The number of nitrogens with zero attached hydrogens (tertiary/aromatic N) is 1. The normalized spacial score (nSPS) is 19.6. The van der Waals surface area contributed by atoms with Gasteiger partial charge in [0.2, 0.25) is 0 Å². The van der Waals surface area contributed by atoms with E-state index in [9.17, 15) is 4.79 Å². The molecule has 1 aliphatic rings. The second-order valence-electron chi connectivity index (χ2n) is 4.92. The number of carbonyl (C=O) groups is 1. The van der Waals surface area contributed by atoms with Crippen LogP contribution < -0.4 is 5.43 Å². The molecule has 14 heavy (non-hydrogen) atoms. The van der Waals surface area contributed by atoms with E-state index in [1.165, 1.54) is 7.11 Å². The quantitative estimate of drug-likeness (QED) is 0.543. The lowest BCUT2D eigenvalue weighted by atomic mass is 10.1. The topological polar surface area (TPSA) is 41.6 Å². The maximum atomic E-state index is 11.4. The molecule has 0 aliphatic heterocycles. The Labute approximate surface area is 85.6 Å². The van der Waals surface area contributed by atoms with Gasteiger partial charge in [0.1, 0.15) is 5.54 Å². The fraction of sp³-hybridized carbons (Fsp3) is 0.900. The zero-order valence-electron chi connectivity index (χ0n) is 9.68. The number of ether oxygens (including phenoxy) is 1. The highest BCUT2D eigenvalue weighted by molar-refractivity contribution is 5.84. The van der Waals surface area contributed by atoms with Crippen LogP contribution in [0.4, 0.5) is 0 Å². The summed E-state index contributed by atoms with van der Waals surface area (Å²) in [4.78, 5) is 11.4. The van der Waals surface area contributed by atoms with E-state index >= 15 is 0 Å². The number of esters is 1. The third-order valence-electron chi connectivity index (χ3n) is 2.71. The van der Waals surface area contributed by atoms with E-state index in [1.807, 2.05) is 12.1 Å². The summed E-state index contributed by atoms with van der Waals surface area (Å²) < 4.78 is 4.76. The van der Waals surface area contributed by atoms with Gasteiger partial charge in [-0.3, -0.25) is 4.79 Å². The maximum Gasteiger partial charge on any atom is 0.327 e. The standard InChI is InChI=1S/C10H20N2O2/c1-9(2,3)12(4)11-10(6-7-10)8(13)14-5/h11H,6-7H2,1-5H3. The molecule has 0 amide bonds. The predicted molar refractivity (Wildman–Crippen MR) is 54.6 cm³/mol. The Balaban J connectivity index is 2.56. The molecular weight excluding hydrogens is 180 g/mol. The molecule has 0 bridgehead atoms. The minimum atomic E-state index is -0.448. The fourth-order valence-corrected chi connectivity index (χ4v) is 1.17. The number of methoxy groups -OCH3 is 1. The molecule has 1 saturated carbocycles. The van der Waals surface area contributed by atoms with Crippen molar-refractivity contribution in [1.29, 1.82) is 0 Å². The Hall–Kier alpha value is -0.610. The third-order valence-corrected chi connectivity index (χ3v) is 2.71. The van der Waals surface area contributed by atoms with Crippen molar-refractivity contribution in [3.8, 4) is 0 Å². The van der Waals surface area contributed by atoms with Crippen molar-refractivity contribution in [2.24, 2.45) is 0 Å². The monoisotopic (exact) mass is 200 g/mol. The van der Waals surface area contributed by atoms with Crippen molar-refractivity contribution in [2.75, 3.05) is 14.2 Å². The summed E-state index contributed by atoms with van der Waals surface area (Å²) in [6.07, 6.45) is 1.72. The molecule has 0 atom stereocenters. The second-order valence-corrected chi connectivity index (χ2v) is 4.92. The summed E-state index contributed by atoms with van der Waals surface area (Å²) in [5, 5.41) is 1.97. The second kappa shape index (κ2) is 3.51. The number of hydrazine groups is 1. The highest BCUT2D eigenvalue weighted by atomic mass is 16.5. The summed E-state index contributed by atoms with van der Waals surface area (Å²) in [7, 11) is 3.38. The molecule has 1 N–H and O–H groups in total. The van der Waals surface area contributed by atoms with Gasteiger partial charge in [-0.05, 0) is 33.6 Å². The van der Waals surface area contributed by atoms with Crippen LogP contribution in [0.25, 0.3) is 0 Å². The van der Waals surface area contributed by atoms with Crippen LogP contribution in [0.2, 0.25) is 0 Å². The third kappa shape index (κ3) is 2.25. The van der Waals surface area contributed by atoms with Gasteiger partial charge in [0.05, 0.1) is 7.11 Å². The zero-order valence-corrected chi connectivity index (χ0v) is 9.68. The molecular formula is C10H20N2O2. The van der Waals surface area contributed by atoms with Gasteiger partial charge in [0.25, 0.3) is 0 Å². The summed E-state index contributed by atoms with van der Waals surface area (Å²) in [6, 6.07) is 0. The van der Waals surface area contributed by atoms with E-state index in [1.54, 1.807) is 0 Å². The van der Waals surface area contributed by atoms with Crippen molar-refractivity contribution in [3.05, 3.63) is 0 Å². The van der Waals surface area contributed by atoms with Crippen LogP contribution in [-0.2, 0) is 9.53 Å². The Morgan fingerprint density at radius 1 is 1.43 bits per heavy atom. The Bertz CT molecular complexity index is 229. The van der Waals surface area contributed by atoms with Crippen molar-refractivity contribution >= 4 is 5.97 Å². The summed E-state index contributed by atoms with van der Waals surface area (Å²) >= 11 is 0. The van der Waals surface area contributed by atoms with Gasteiger partial charge >= 0.3 is 5.97 Å². The molecule has 1 rings (SSSR count). The number of hydrogen-bond donors (Lipinski definition) is 1. The average Bonchev–Trinajstić information content (AvgIpc) is 2.82. The first-order valence-corrected chi connectivity index (χ1v) is 4.92. The number of nitrogens with one attached hydrogen (secondary N) is 1. The lowest BCUT2D eigenvalue weighted by molar-refractivity contribution is -0.146. The molecule has 0 radical (unpaired) electrons. The first kappa shape index (κ1) is 11.5. The van der Waals surface area contributed by atoms with Gasteiger partial charge in [-0.15, -0.1) is 0 Å². The first-order chi connectivity index (χ1) is 6.32. The molecule has 0 heterocycles. The molecule has 1 fully saturated rings. The van der Waals surface area contributed by atoms with Crippen LogP contribution in [0.5, 0.6) is 0 Å².